The van der Waals surface area contributed by atoms with Gasteiger partial charge in [0.2, 0.25) is 5.91 Å². The molecule has 0 saturated heterocycles. The first kappa shape index (κ1) is 16.2. The number of rotatable bonds is 7. The molecule has 19 heavy (non-hydrogen) atoms. The third-order valence-corrected chi connectivity index (χ3v) is 4.14. The molecule has 1 unspecified atom stereocenters. The van der Waals surface area contributed by atoms with Gasteiger partial charge in [-0.3, -0.25) is 4.79 Å². The van der Waals surface area contributed by atoms with Crippen molar-refractivity contribution in [3.05, 3.63) is 22.4 Å². The van der Waals surface area contributed by atoms with Crippen LogP contribution < -0.4 is 5.32 Å². The van der Waals surface area contributed by atoms with Gasteiger partial charge in [-0.15, -0.1) is 11.3 Å². The average Bonchev–Trinajstić information content (AvgIpc) is 2.80. The summed E-state index contributed by atoms with van der Waals surface area (Å²) < 4.78 is 0. The zero-order valence-electron chi connectivity index (χ0n) is 12.1. The fourth-order valence-corrected chi connectivity index (χ4v) is 2.75. The van der Waals surface area contributed by atoms with Gasteiger partial charge < -0.3 is 10.4 Å². The highest BCUT2D eigenvalue weighted by Gasteiger charge is 2.25. The highest BCUT2D eigenvalue weighted by molar-refractivity contribution is 7.09. The summed E-state index contributed by atoms with van der Waals surface area (Å²) in [7, 11) is 0. The van der Waals surface area contributed by atoms with E-state index >= 15 is 0 Å². The molecular formula is C15H25NO2S. The lowest BCUT2D eigenvalue weighted by Crippen LogP contribution is -2.44. The average molecular weight is 283 g/mol. The summed E-state index contributed by atoms with van der Waals surface area (Å²) in [5, 5.41) is 14.2. The first-order valence-corrected chi connectivity index (χ1v) is 7.74. The minimum absolute atomic E-state index is 0.0217. The van der Waals surface area contributed by atoms with Gasteiger partial charge in [-0.1, -0.05) is 26.8 Å². The molecule has 0 radical (unpaired) electrons. The van der Waals surface area contributed by atoms with E-state index in [1.54, 1.807) is 11.3 Å². The number of carbonyl (C=O) groups excluding carboxylic acids is 1. The van der Waals surface area contributed by atoms with Crippen molar-refractivity contribution < 1.29 is 9.90 Å². The number of aliphatic hydroxyl groups is 1. The Morgan fingerprint density at radius 2 is 2.21 bits per heavy atom. The number of nitrogens with one attached hydrogen (secondary N) is 1. The molecule has 1 aromatic heterocycles. The lowest BCUT2D eigenvalue weighted by molar-refractivity contribution is -0.122. The lowest BCUT2D eigenvalue weighted by Gasteiger charge is -2.31. The fraction of sp³-hybridized carbons (Fsp3) is 0.667. The second-order valence-corrected chi connectivity index (χ2v) is 6.96. The van der Waals surface area contributed by atoms with Gasteiger partial charge in [-0.2, -0.15) is 0 Å². The fourth-order valence-electron chi connectivity index (χ4n) is 2.00. The van der Waals surface area contributed by atoms with Gasteiger partial charge in [0.25, 0.3) is 0 Å². The number of thiophene rings is 1. The maximum absolute atomic E-state index is 11.9. The van der Waals surface area contributed by atoms with Gasteiger partial charge in [0.15, 0.2) is 0 Å². The Kier molecular flexibility index (Phi) is 6.52. The SMILES string of the molecule is CC(C)(C)C(CCO)NC(=O)CCCc1cccs1. The molecule has 1 heterocycles. The molecule has 1 atom stereocenters. The van der Waals surface area contributed by atoms with Gasteiger partial charge in [-0.25, -0.2) is 0 Å². The summed E-state index contributed by atoms with van der Waals surface area (Å²) >= 11 is 1.74. The minimum atomic E-state index is -0.0217. The van der Waals surface area contributed by atoms with Crippen molar-refractivity contribution in [1.29, 1.82) is 0 Å². The van der Waals surface area contributed by atoms with Crippen LogP contribution in [0.3, 0.4) is 0 Å². The summed E-state index contributed by atoms with van der Waals surface area (Å²) in [6.07, 6.45) is 3.00. The second kappa shape index (κ2) is 7.65. The van der Waals surface area contributed by atoms with Gasteiger partial charge in [0.1, 0.15) is 0 Å². The van der Waals surface area contributed by atoms with Crippen LogP contribution in [0.5, 0.6) is 0 Å². The van der Waals surface area contributed by atoms with Crippen molar-refractivity contribution in [3.8, 4) is 0 Å². The molecule has 0 aliphatic carbocycles. The third kappa shape index (κ3) is 6.21. The molecule has 0 aromatic carbocycles. The van der Waals surface area contributed by atoms with E-state index in [9.17, 15) is 4.79 Å². The molecule has 4 heteroatoms. The summed E-state index contributed by atoms with van der Waals surface area (Å²) in [6, 6.07) is 4.18. The summed E-state index contributed by atoms with van der Waals surface area (Å²) in [6.45, 7) is 6.36. The summed E-state index contributed by atoms with van der Waals surface area (Å²) in [5.41, 5.74) is -0.0217. The molecule has 3 nitrogen and oxygen atoms in total. The van der Waals surface area contributed by atoms with Crippen molar-refractivity contribution >= 4 is 17.2 Å². The largest absolute Gasteiger partial charge is 0.396 e. The Balaban J connectivity index is 2.32. The van der Waals surface area contributed by atoms with Crippen LogP contribution in [0.2, 0.25) is 0 Å². The van der Waals surface area contributed by atoms with Crippen molar-refractivity contribution in [3.63, 3.8) is 0 Å². The molecule has 0 aliphatic heterocycles. The van der Waals surface area contributed by atoms with Crippen molar-refractivity contribution in [2.45, 2.75) is 52.5 Å². The van der Waals surface area contributed by atoms with Gasteiger partial charge in [-0.05, 0) is 36.1 Å². The highest BCUT2D eigenvalue weighted by atomic mass is 32.1. The lowest BCUT2D eigenvalue weighted by atomic mass is 9.85. The van der Waals surface area contributed by atoms with E-state index in [1.807, 2.05) is 6.07 Å². The van der Waals surface area contributed by atoms with Crippen LogP contribution in [-0.4, -0.2) is 23.7 Å². The van der Waals surface area contributed by atoms with Crippen molar-refractivity contribution in [2.75, 3.05) is 6.61 Å². The predicted octanol–water partition coefficient (Wildman–Crippen LogP) is 2.98. The number of aliphatic hydroxyl groups excluding tert-OH is 1. The van der Waals surface area contributed by atoms with E-state index in [4.69, 9.17) is 5.11 Å². The van der Waals surface area contributed by atoms with E-state index in [0.717, 1.165) is 12.8 Å². The molecule has 1 amide bonds. The van der Waals surface area contributed by atoms with Crippen LogP contribution in [0.15, 0.2) is 17.5 Å². The molecule has 0 fully saturated rings. The smallest absolute Gasteiger partial charge is 0.220 e. The van der Waals surface area contributed by atoms with Crippen LogP contribution in [-0.2, 0) is 11.2 Å². The number of hydrogen-bond donors (Lipinski definition) is 2. The first-order chi connectivity index (χ1) is 8.93. The van der Waals surface area contributed by atoms with E-state index in [-0.39, 0.29) is 24.0 Å². The van der Waals surface area contributed by atoms with E-state index in [0.29, 0.717) is 12.8 Å². The van der Waals surface area contributed by atoms with E-state index < -0.39 is 0 Å². The number of hydrogen-bond acceptors (Lipinski definition) is 3. The second-order valence-electron chi connectivity index (χ2n) is 5.93. The standard InChI is InChI=1S/C15H25NO2S/c1-15(2,3)13(9-10-17)16-14(18)8-4-6-12-7-5-11-19-12/h5,7,11,13,17H,4,6,8-10H2,1-3H3,(H,16,18). The molecule has 0 aliphatic rings. The summed E-state index contributed by atoms with van der Waals surface area (Å²) in [5.74, 6) is 0.0879. The number of carbonyl (C=O) groups is 1. The topological polar surface area (TPSA) is 49.3 Å². The van der Waals surface area contributed by atoms with Crippen LogP contribution in [0.25, 0.3) is 0 Å². The molecule has 0 saturated carbocycles. The van der Waals surface area contributed by atoms with Crippen molar-refractivity contribution in [1.82, 2.24) is 5.32 Å². The van der Waals surface area contributed by atoms with Crippen LogP contribution >= 0.6 is 11.3 Å². The van der Waals surface area contributed by atoms with Crippen molar-refractivity contribution in [2.24, 2.45) is 5.41 Å². The Morgan fingerprint density at radius 1 is 1.47 bits per heavy atom. The van der Waals surface area contributed by atoms with E-state index in [2.05, 4.69) is 37.5 Å². The first-order valence-electron chi connectivity index (χ1n) is 6.86. The monoisotopic (exact) mass is 283 g/mol. The third-order valence-electron chi connectivity index (χ3n) is 3.21. The molecule has 1 aromatic rings. The minimum Gasteiger partial charge on any atom is -0.396 e. The molecule has 108 valence electrons. The maximum atomic E-state index is 11.9. The predicted molar refractivity (Wildman–Crippen MR) is 80.3 cm³/mol. The van der Waals surface area contributed by atoms with Crippen LogP contribution in [0.4, 0.5) is 0 Å². The van der Waals surface area contributed by atoms with Crippen LogP contribution in [0, 0.1) is 5.41 Å². The highest BCUT2D eigenvalue weighted by Crippen LogP contribution is 2.21. The Hall–Kier alpha value is -0.870. The normalized spacial score (nSPS) is 13.3. The van der Waals surface area contributed by atoms with Gasteiger partial charge >= 0.3 is 0 Å². The zero-order chi connectivity index (χ0) is 14.3. The Bertz CT molecular complexity index is 368. The molecular weight excluding hydrogens is 258 g/mol. The van der Waals surface area contributed by atoms with Gasteiger partial charge in [0, 0.05) is 23.9 Å². The van der Waals surface area contributed by atoms with Gasteiger partial charge in [0.05, 0.1) is 0 Å². The van der Waals surface area contributed by atoms with Crippen LogP contribution in [0.1, 0.15) is 44.9 Å². The zero-order valence-corrected chi connectivity index (χ0v) is 12.9. The quantitative estimate of drug-likeness (QED) is 0.808. The summed E-state index contributed by atoms with van der Waals surface area (Å²) in [4.78, 5) is 13.2. The number of amides is 1. The number of aryl methyl sites for hydroxylation is 1. The molecule has 0 spiro atoms. The molecule has 1 rings (SSSR count). The Morgan fingerprint density at radius 3 is 2.74 bits per heavy atom. The Labute approximate surface area is 120 Å². The molecule has 0 bridgehead atoms. The maximum Gasteiger partial charge on any atom is 0.220 e. The molecule has 2 N–H and O–H groups in total. The van der Waals surface area contributed by atoms with E-state index in [1.165, 1.54) is 4.88 Å².